The predicted octanol–water partition coefficient (Wildman–Crippen LogP) is 1.81. The van der Waals surface area contributed by atoms with Crippen LogP contribution >= 0.6 is 11.5 Å². The molecule has 0 spiro atoms. The SMILES string of the molecule is Cc1nsc(NC(C)(C)C(C)(C)O)n1. The number of aryl methyl sites for hydroxylation is 1. The van der Waals surface area contributed by atoms with Crippen LogP contribution in [0, 0.1) is 6.92 Å². The van der Waals surface area contributed by atoms with Crippen molar-refractivity contribution < 1.29 is 5.11 Å². The standard InChI is InChI=1S/C9H17N3OS/c1-6-10-7(14-12-6)11-8(2,3)9(4,5)13/h13H,1-5H3,(H,10,11,12). The molecule has 0 unspecified atom stereocenters. The average Bonchev–Trinajstić information content (AvgIpc) is 2.31. The van der Waals surface area contributed by atoms with Crippen LogP contribution in [0.4, 0.5) is 5.13 Å². The van der Waals surface area contributed by atoms with E-state index in [-0.39, 0.29) is 0 Å². The molecule has 0 amide bonds. The van der Waals surface area contributed by atoms with Gasteiger partial charge in [0.25, 0.3) is 0 Å². The number of hydrogen-bond donors (Lipinski definition) is 2. The van der Waals surface area contributed by atoms with Gasteiger partial charge in [-0.25, -0.2) is 4.98 Å². The van der Waals surface area contributed by atoms with Gasteiger partial charge in [-0.1, -0.05) is 0 Å². The summed E-state index contributed by atoms with van der Waals surface area (Å²) in [5.74, 6) is 0.754. The Hall–Kier alpha value is -0.680. The second kappa shape index (κ2) is 3.47. The third-order valence-electron chi connectivity index (χ3n) is 2.48. The molecule has 0 aliphatic rings. The lowest BCUT2D eigenvalue weighted by Crippen LogP contribution is -2.51. The highest BCUT2D eigenvalue weighted by molar-refractivity contribution is 7.09. The predicted molar refractivity (Wildman–Crippen MR) is 58.6 cm³/mol. The van der Waals surface area contributed by atoms with Crippen LogP contribution in [0.5, 0.6) is 0 Å². The van der Waals surface area contributed by atoms with Crippen LogP contribution in [-0.4, -0.2) is 25.6 Å². The molecular weight excluding hydrogens is 198 g/mol. The summed E-state index contributed by atoms with van der Waals surface area (Å²) in [6.45, 7) is 9.26. The van der Waals surface area contributed by atoms with E-state index in [9.17, 15) is 5.11 Å². The number of nitrogens with zero attached hydrogens (tertiary/aromatic N) is 2. The molecule has 1 aromatic heterocycles. The lowest BCUT2D eigenvalue weighted by Gasteiger charge is -2.37. The normalized spacial score (nSPS) is 13.0. The minimum atomic E-state index is -0.813. The van der Waals surface area contributed by atoms with Crippen LogP contribution in [0.2, 0.25) is 0 Å². The number of anilines is 1. The fourth-order valence-corrected chi connectivity index (χ4v) is 1.50. The van der Waals surface area contributed by atoms with Crippen molar-refractivity contribution in [1.29, 1.82) is 0 Å². The molecule has 5 heteroatoms. The van der Waals surface area contributed by atoms with Crippen molar-refractivity contribution >= 4 is 16.7 Å². The second-order valence-electron chi connectivity index (χ2n) is 4.46. The first-order valence-electron chi connectivity index (χ1n) is 4.53. The summed E-state index contributed by atoms with van der Waals surface area (Å²) < 4.78 is 4.07. The first-order valence-corrected chi connectivity index (χ1v) is 5.30. The maximum Gasteiger partial charge on any atom is 0.203 e. The van der Waals surface area contributed by atoms with Gasteiger partial charge < -0.3 is 10.4 Å². The fraction of sp³-hybridized carbons (Fsp3) is 0.778. The topological polar surface area (TPSA) is 58.0 Å². The van der Waals surface area contributed by atoms with Crippen molar-refractivity contribution in [1.82, 2.24) is 9.36 Å². The van der Waals surface area contributed by atoms with E-state index < -0.39 is 11.1 Å². The van der Waals surface area contributed by atoms with Crippen LogP contribution in [0.3, 0.4) is 0 Å². The molecule has 80 valence electrons. The largest absolute Gasteiger partial charge is 0.388 e. The Morgan fingerprint density at radius 3 is 2.21 bits per heavy atom. The van der Waals surface area contributed by atoms with Crippen molar-refractivity contribution in [2.75, 3.05) is 5.32 Å². The Kier molecular flexibility index (Phi) is 2.83. The molecular formula is C9H17N3OS. The zero-order valence-electron chi connectivity index (χ0n) is 9.25. The maximum atomic E-state index is 9.91. The van der Waals surface area contributed by atoms with E-state index in [0.717, 1.165) is 11.0 Å². The van der Waals surface area contributed by atoms with E-state index in [2.05, 4.69) is 14.7 Å². The Morgan fingerprint density at radius 2 is 1.86 bits per heavy atom. The van der Waals surface area contributed by atoms with E-state index in [4.69, 9.17) is 0 Å². The second-order valence-corrected chi connectivity index (χ2v) is 5.21. The van der Waals surface area contributed by atoms with E-state index in [0.29, 0.717) is 0 Å². The van der Waals surface area contributed by atoms with Crippen molar-refractivity contribution in [2.45, 2.75) is 45.8 Å². The molecule has 0 aliphatic heterocycles. The quantitative estimate of drug-likeness (QED) is 0.807. The first kappa shape index (κ1) is 11.4. The molecule has 0 fully saturated rings. The zero-order valence-corrected chi connectivity index (χ0v) is 10.1. The number of aromatic nitrogens is 2. The minimum absolute atomic E-state index is 0.432. The van der Waals surface area contributed by atoms with Crippen LogP contribution in [-0.2, 0) is 0 Å². The summed E-state index contributed by atoms with van der Waals surface area (Å²) in [6.07, 6.45) is 0. The van der Waals surface area contributed by atoms with Gasteiger partial charge in [-0.15, -0.1) is 0 Å². The van der Waals surface area contributed by atoms with Gasteiger partial charge >= 0.3 is 0 Å². The Morgan fingerprint density at radius 1 is 1.29 bits per heavy atom. The van der Waals surface area contributed by atoms with Gasteiger partial charge in [0, 0.05) is 11.5 Å². The molecule has 0 bridgehead atoms. The summed E-state index contributed by atoms with van der Waals surface area (Å²) in [5.41, 5.74) is -1.24. The zero-order chi connectivity index (χ0) is 11.0. The highest BCUT2D eigenvalue weighted by atomic mass is 32.1. The Labute approximate surface area is 88.6 Å². The van der Waals surface area contributed by atoms with E-state index >= 15 is 0 Å². The van der Waals surface area contributed by atoms with Crippen LogP contribution < -0.4 is 5.32 Å². The summed E-state index contributed by atoms with van der Waals surface area (Å²) in [6, 6.07) is 0. The van der Waals surface area contributed by atoms with Gasteiger partial charge in [0.2, 0.25) is 5.13 Å². The Balaban J connectivity index is 2.78. The van der Waals surface area contributed by atoms with Crippen LogP contribution in [0.25, 0.3) is 0 Å². The highest BCUT2D eigenvalue weighted by Gasteiger charge is 2.35. The average molecular weight is 215 g/mol. The van der Waals surface area contributed by atoms with Gasteiger partial charge in [-0.2, -0.15) is 4.37 Å². The van der Waals surface area contributed by atoms with Gasteiger partial charge in [0.1, 0.15) is 5.82 Å². The molecule has 2 N–H and O–H groups in total. The number of hydrogen-bond acceptors (Lipinski definition) is 5. The van der Waals surface area contributed by atoms with Crippen molar-refractivity contribution in [3.05, 3.63) is 5.82 Å². The molecule has 1 rings (SSSR count). The molecule has 0 aromatic carbocycles. The smallest absolute Gasteiger partial charge is 0.203 e. The highest BCUT2D eigenvalue weighted by Crippen LogP contribution is 2.26. The van der Waals surface area contributed by atoms with E-state index in [1.165, 1.54) is 11.5 Å². The lowest BCUT2D eigenvalue weighted by atomic mass is 9.86. The molecule has 0 atom stereocenters. The molecule has 0 saturated carbocycles. The molecule has 0 radical (unpaired) electrons. The summed E-state index contributed by atoms with van der Waals surface area (Å²) in [7, 11) is 0. The van der Waals surface area contributed by atoms with Crippen molar-refractivity contribution in [3.63, 3.8) is 0 Å². The van der Waals surface area contributed by atoms with Gasteiger partial charge in [0.15, 0.2) is 0 Å². The molecule has 0 aliphatic carbocycles. The maximum absolute atomic E-state index is 9.91. The van der Waals surface area contributed by atoms with E-state index in [1.54, 1.807) is 13.8 Å². The summed E-state index contributed by atoms with van der Waals surface area (Å²) >= 11 is 1.31. The minimum Gasteiger partial charge on any atom is -0.388 e. The third kappa shape index (κ3) is 2.42. The monoisotopic (exact) mass is 215 g/mol. The third-order valence-corrected chi connectivity index (χ3v) is 3.20. The van der Waals surface area contributed by atoms with Crippen molar-refractivity contribution in [3.8, 4) is 0 Å². The van der Waals surface area contributed by atoms with Crippen LogP contribution in [0.15, 0.2) is 0 Å². The molecule has 4 nitrogen and oxygen atoms in total. The van der Waals surface area contributed by atoms with Gasteiger partial charge in [-0.05, 0) is 34.6 Å². The number of rotatable bonds is 3. The first-order chi connectivity index (χ1) is 6.22. The molecule has 0 saturated heterocycles. The fourth-order valence-electron chi connectivity index (χ4n) is 0.768. The summed E-state index contributed by atoms with van der Waals surface area (Å²) in [4.78, 5) is 4.19. The molecule has 1 aromatic rings. The van der Waals surface area contributed by atoms with Gasteiger partial charge in [0.05, 0.1) is 11.1 Å². The summed E-state index contributed by atoms with van der Waals surface area (Å²) in [5, 5.41) is 13.8. The number of nitrogens with one attached hydrogen (secondary N) is 1. The van der Waals surface area contributed by atoms with Crippen LogP contribution in [0.1, 0.15) is 33.5 Å². The lowest BCUT2D eigenvalue weighted by molar-refractivity contribution is 0.0240. The van der Waals surface area contributed by atoms with Gasteiger partial charge in [-0.3, -0.25) is 0 Å². The molecule has 14 heavy (non-hydrogen) atoms. The Bertz CT molecular complexity index is 314. The number of aliphatic hydroxyl groups is 1. The van der Waals surface area contributed by atoms with Crippen molar-refractivity contribution in [2.24, 2.45) is 0 Å². The molecule has 1 heterocycles. The van der Waals surface area contributed by atoms with E-state index in [1.807, 2.05) is 20.8 Å².